The van der Waals surface area contributed by atoms with Crippen LogP contribution in [-0.2, 0) is 18.6 Å². The van der Waals surface area contributed by atoms with Gasteiger partial charge in [0.1, 0.15) is 5.76 Å². The fourth-order valence-electron chi connectivity index (χ4n) is 3.28. The summed E-state index contributed by atoms with van der Waals surface area (Å²) in [6.45, 7) is 2.03. The van der Waals surface area contributed by atoms with Crippen LogP contribution in [0.2, 0.25) is 0 Å². The average molecular weight is 363 g/mol. The largest absolute Gasteiger partial charge is 2.00 e. The maximum Gasteiger partial charge on any atom is 2.00 e. The molecule has 3 aromatic rings. The summed E-state index contributed by atoms with van der Waals surface area (Å²) in [5, 5.41) is 0. The average Bonchev–Trinajstić information content (AvgIpc) is 2.63. The van der Waals surface area contributed by atoms with Crippen LogP contribution in [0.25, 0.3) is 5.57 Å². The van der Waals surface area contributed by atoms with Crippen molar-refractivity contribution in [3.05, 3.63) is 95.7 Å². The summed E-state index contributed by atoms with van der Waals surface area (Å²) in [4.78, 5) is 2.24. The molecule has 0 atom stereocenters. The zero-order chi connectivity index (χ0) is 16.5. The van der Waals surface area contributed by atoms with E-state index in [-0.39, 0.29) is 18.6 Å². The number of anilines is 2. The second kappa shape index (κ2) is 7.22. The fourth-order valence-corrected chi connectivity index (χ4v) is 3.28. The molecule has 2 nitrogen and oxygen atoms in total. The Kier molecular flexibility index (Phi) is 5.03. The Balaban J connectivity index is 0.00000182. The van der Waals surface area contributed by atoms with E-state index in [1.807, 2.05) is 31.2 Å². The molecule has 0 amide bonds. The predicted octanol–water partition coefficient (Wildman–Crippen LogP) is 5.42. The van der Waals surface area contributed by atoms with Crippen LogP contribution in [0, 0.1) is 6.07 Å². The van der Waals surface area contributed by atoms with Crippen LogP contribution in [0.5, 0.6) is 5.75 Å². The van der Waals surface area contributed by atoms with E-state index < -0.39 is 0 Å². The minimum absolute atomic E-state index is 0. The summed E-state index contributed by atoms with van der Waals surface area (Å²) in [7, 11) is 2.11. The van der Waals surface area contributed by atoms with Gasteiger partial charge < -0.3 is 9.64 Å². The molecule has 1 radical (unpaired) electrons. The van der Waals surface area contributed by atoms with Gasteiger partial charge in [-0.1, -0.05) is 36.4 Å². The third-order valence-electron chi connectivity index (χ3n) is 4.38. The van der Waals surface area contributed by atoms with Crippen LogP contribution in [0.1, 0.15) is 18.1 Å². The molecule has 121 valence electrons. The molecule has 0 aliphatic carbocycles. The third-order valence-corrected chi connectivity index (χ3v) is 4.38. The minimum Gasteiger partial charge on any atom is -0.487 e. The van der Waals surface area contributed by atoms with Crippen molar-refractivity contribution in [1.82, 2.24) is 0 Å². The number of rotatable bonds is 2. The number of hydrogen-bond donors (Lipinski definition) is 0. The number of nitrogens with zero attached hydrogens (tertiary/aromatic N) is 1. The van der Waals surface area contributed by atoms with Gasteiger partial charge in [0.25, 0.3) is 0 Å². The quantitative estimate of drug-likeness (QED) is 0.445. The first-order valence-electron chi connectivity index (χ1n) is 8.03. The van der Waals surface area contributed by atoms with E-state index in [0.717, 1.165) is 17.1 Å². The van der Waals surface area contributed by atoms with Gasteiger partial charge in [-0.25, -0.2) is 0 Å². The van der Waals surface area contributed by atoms with E-state index in [1.54, 1.807) is 0 Å². The van der Waals surface area contributed by atoms with Crippen molar-refractivity contribution in [2.24, 2.45) is 0 Å². The molecule has 0 spiro atoms. The smallest absolute Gasteiger partial charge is 0.487 e. The number of ether oxygens (including phenoxy) is 1. The van der Waals surface area contributed by atoms with Gasteiger partial charge in [-0.15, -0.1) is 12.1 Å². The normalized spacial score (nSPS) is 11.9. The van der Waals surface area contributed by atoms with E-state index in [9.17, 15) is 0 Å². The van der Waals surface area contributed by atoms with Gasteiger partial charge in [-0.05, 0) is 19.1 Å². The van der Waals surface area contributed by atoms with Crippen LogP contribution < -0.4 is 9.64 Å². The standard InChI is InChI=1S/C22H18NO.V/c1-16(24-17-10-4-3-5-11-17)22-18-12-6-8-14-20(18)23(2)21-15-9-7-13-19(21)22;/h4-15H,1-2H3;/q-1;+2. The first-order valence-corrected chi connectivity index (χ1v) is 8.03. The van der Waals surface area contributed by atoms with Gasteiger partial charge in [-0.2, -0.15) is 18.2 Å². The molecule has 1 heterocycles. The molecule has 0 N–H and O–H groups in total. The molecule has 0 saturated carbocycles. The monoisotopic (exact) mass is 363 g/mol. The van der Waals surface area contributed by atoms with Crippen LogP contribution >= 0.6 is 0 Å². The van der Waals surface area contributed by atoms with Crippen molar-refractivity contribution >= 4 is 16.9 Å². The summed E-state index contributed by atoms with van der Waals surface area (Å²) < 4.78 is 6.14. The molecular formula is C22H18NOV+. The topological polar surface area (TPSA) is 12.5 Å². The summed E-state index contributed by atoms with van der Waals surface area (Å²) in [6, 6.07) is 27.5. The molecule has 25 heavy (non-hydrogen) atoms. The summed E-state index contributed by atoms with van der Waals surface area (Å²) in [5.74, 6) is 1.72. The van der Waals surface area contributed by atoms with Crippen LogP contribution in [0.15, 0.2) is 78.6 Å². The Morgan fingerprint density at radius 1 is 0.840 bits per heavy atom. The Morgan fingerprint density at radius 2 is 1.36 bits per heavy atom. The molecule has 1 aliphatic rings. The second-order valence-corrected chi connectivity index (χ2v) is 5.86. The Labute approximate surface area is 160 Å². The summed E-state index contributed by atoms with van der Waals surface area (Å²) in [5.41, 5.74) is 5.91. The first-order chi connectivity index (χ1) is 11.8. The molecule has 4 rings (SSSR count). The molecular weight excluding hydrogens is 345 g/mol. The van der Waals surface area contributed by atoms with Gasteiger partial charge in [0.2, 0.25) is 0 Å². The molecule has 0 aromatic heterocycles. The number of hydrogen-bond acceptors (Lipinski definition) is 2. The molecule has 0 fully saturated rings. The number of benzene rings is 3. The van der Waals surface area contributed by atoms with Gasteiger partial charge in [0, 0.05) is 40.9 Å². The number of para-hydroxylation sites is 2. The summed E-state index contributed by atoms with van der Waals surface area (Å²) >= 11 is 0. The molecule has 0 saturated heterocycles. The van der Waals surface area contributed by atoms with Crippen molar-refractivity contribution in [2.45, 2.75) is 6.92 Å². The molecule has 3 aromatic carbocycles. The molecule has 1 aliphatic heterocycles. The van der Waals surface area contributed by atoms with Gasteiger partial charge in [0.05, 0.1) is 0 Å². The molecule has 0 unspecified atom stereocenters. The van der Waals surface area contributed by atoms with Gasteiger partial charge in [-0.3, -0.25) is 0 Å². The third kappa shape index (κ3) is 3.11. The molecule has 3 heteroatoms. The Bertz CT molecular complexity index is 869. The number of fused-ring (bicyclic) bond motifs is 2. The molecule has 0 bridgehead atoms. The van der Waals surface area contributed by atoms with Crippen molar-refractivity contribution in [3.63, 3.8) is 0 Å². The van der Waals surface area contributed by atoms with Crippen LogP contribution in [0.4, 0.5) is 11.4 Å². The van der Waals surface area contributed by atoms with Crippen molar-refractivity contribution < 1.29 is 23.3 Å². The van der Waals surface area contributed by atoms with E-state index in [4.69, 9.17) is 4.74 Å². The van der Waals surface area contributed by atoms with Crippen molar-refractivity contribution in [3.8, 4) is 5.75 Å². The van der Waals surface area contributed by atoms with Crippen LogP contribution in [0.3, 0.4) is 0 Å². The predicted molar refractivity (Wildman–Crippen MR) is 98.5 cm³/mol. The van der Waals surface area contributed by atoms with E-state index in [0.29, 0.717) is 0 Å². The van der Waals surface area contributed by atoms with E-state index in [2.05, 4.69) is 66.5 Å². The first kappa shape index (κ1) is 17.4. The van der Waals surface area contributed by atoms with Crippen molar-refractivity contribution in [2.75, 3.05) is 11.9 Å². The zero-order valence-electron chi connectivity index (χ0n) is 14.2. The fraction of sp³-hybridized carbons (Fsp3) is 0.0909. The maximum atomic E-state index is 6.14. The van der Waals surface area contributed by atoms with Gasteiger partial charge >= 0.3 is 18.6 Å². The van der Waals surface area contributed by atoms with Crippen LogP contribution in [-0.4, -0.2) is 7.05 Å². The van der Waals surface area contributed by atoms with E-state index >= 15 is 0 Å². The Hall–Kier alpha value is -2.42. The number of allylic oxidation sites excluding steroid dienone is 1. The van der Waals surface area contributed by atoms with Crippen molar-refractivity contribution in [1.29, 1.82) is 0 Å². The SMILES string of the molecule is CC(Oc1cc[c-]cc1)=C1c2ccccc2N(C)c2ccccc21.[V+2]. The Morgan fingerprint density at radius 3 is 1.92 bits per heavy atom. The maximum absolute atomic E-state index is 6.14. The second-order valence-electron chi connectivity index (χ2n) is 5.86. The van der Waals surface area contributed by atoms with E-state index in [1.165, 1.54) is 22.5 Å². The minimum atomic E-state index is 0. The summed E-state index contributed by atoms with van der Waals surface area (Å²) in [6.07, 6.45) is 0. The zero-order valence-corrected chi connectivity index (χ0v) is 15.6. The van der Waals surface area contributed by atoms with Gasteiger partial charge in [0.15, 0.2) is 0 Å².